The van der Waals surface area contributed by atoms with E-state index in [1.165, 1.54) is 6.07 Å². The highest BCUT2D eigenvalue weighted by molar-refractivity contribution is 5.92. The lowest BCUT2D eigenvalue weighted by Crippen LogP contribution is -2.37. The Balaban J connectivity index is 3.05. The summed E-state index contributed by atoms with van der Waals surface area (Å²) in [5.74, 6) is -0.0703. The molecule has 5 N–H and O–H groups in total. The molecule has 1 rings (SSSR count). The summed E-state index contributed by atoms with van der Waals surface area (Å²) in [6, 6.07) is 4.01. The van der Waals surface area contributed by atoms with Gasteiger partial charge < -0.3 is 21.3 Å². The molecule has 1 aromatic carbocycles. The number of carbonyl (C=O) groups is 1. The maximum Gasteiger partial charge on any atom is 0.319 e. The quantitative estimate of drug-likeness (QED) is 0.592. The number of phenolic OH excluding ortho intramolecular Hbond substituents is 1. The maximum atomic E-state index is 11.1. The van der Waals surface area contributed by atoms with E-state index in [9.17, 15) is 9.90 Å². The number of phenols is 1. The van der Waals surface area contributed by atoms with Crippen LogP contribution in [0.5, 0.6) is 5.75 Å². The number of nitrogens with two attached hydrogens (primary N) is 1. The number of aromatic hydroxyl groups is 1. The van der Waals surface area contributed by atoms with Gasteiger partial charge in [0, 0.05) is 18.8 Å². The highest BCUT2D eigenvalue weighted by atomic mass is 16.3. The number of anilines is 2. The molecule has 0 bridgehead atoms. The fourth-order valence-electron chi connectivity index (χ4n) is 1.36. The smallest absolute Gasteiger partial charge is 0.319 e. The van der Waals surface area contributed by atoms with Crippen molar-refractivity contribution in [3.63, 3.8) is 0 Å². The Bertz CT molecular complexity index is 382. The van der Waals surface area contributed by atoms with Crippen molar-refractivity contribution in [3.05, 3.63) is 18.2 Å². The van der Waals surface area contributed by atoms with Crippen LogP contribution in [-0.2, 0) is 0 Å². The zero-order valence-corrected chi connectivity index (χ0v) is 8.97. The molecule has 0 aromatic heterocycles. The number of carbonyl (C=O) groups excluding carboxylic acids is 1. The van der Waals surface area contributed by atoms with Crippen LogP contribution >= 0.6 is 0 Å². The predicted octanol–water partition coefficient (Wildman–Crippen LogP) is 0.311. The minimum atomic E-state index is -0.721. The van der Waals surface area contributed by atoms with E-state index in [0.29, 0.717) is 0 Å². The van der Waals surface area contributed by atoms with E-state index in [2.05, 4.69) is 5.32 Å². The van der Waals surface area contributed by atoms with Gasteiger partial charge >= 0.3 is 6.03 Å². The number of hydrogen-bond donors (Lipinski definition) is 4. The van der Waals surface area contributed by atoms with Gasteiger partial charge in [0.25, 0.3) is 0 Å². The van der Waals surface area contributed by atoms with E-state index in [1.807, 2.05) is 0 Å². The Morgan fingerprint density at radius 3 is 2.69 bits per heavy atom. The number of benzene rings is 1. The number of hydrogen-bond acceptors (Lipinski definition) is 4. The highest BCUT2D eigenvalue weighted by Gasteiger charge is 2.15. The van der Waals surface area contributed by atoms with Gasteiger partial charge in [-0.05, 0) is 12.1 Å². The molecule has 0 aliphatic carbocycles. The molecule has 16 heavy (non-hydrogen) atoms. The number of urea groups is 1. The van der Waals surface area contributed by atoms with Gasteiger partial charge in [-0.1, -0.05) is 0 Å². The molecule has 0 aliphatic rings. The summed E-state index contributed by atoms with van der Waals surface area (Å²) >= 11 is 0. The van der Waals surface area contributed by atoms with Crippen molar-refractivity contribution in [1.29, 1.82) is 0 Å². The van der Waals surface area contributed by atoms with Crippen molar-refractivity contribution in [2.24, 2.45) is 5.73 Å². The first kappa shape index (κ1) is 12.1. The summed E-state index contributed by atoms with van der Waals surface area (Å²) in [7, 11) is 1.72. The summed E-state index contributed by atoms with van der Waals surface area (Å²) in [5.41, 5.74) is 6.14. The Morgan fingerprint density at radius 1 is 1.56 bits per heavy atom. The van der Waals surface area contributed by atoms with Crippen LogP contribution < -0.4 is 16.0 Å². The second-order valence-corrected chi connectivity index (χ2v) is 3.17. The van der Waals surface area contributed by atoms with Crippen LogP contribution in [0.1, 0.15) is 0 Å². The van der Waals surface area contributed by atoms with E-state index in [-0.39, 0.29) is 24.6 Å². The minimum absolute atomic E-state index is 0.0434. The fourth-order valence-corrected chi connectivity index (χ4v) is 1.36. The van der Waals surface area contributed by atoms with E-state index >= 15 is 0 Å². The average Bonchev–Trinajstić information content (AvgIpc) is 2.26. The SMILES string of the molecule is CNc1ccc(N(CCO)C(N)=O)c(O)c1. The molecule has 0 unspecified atom stereocenters. The molecule has 0 radical (unpaired) electrons. The van der Waals surface area contributed by atoms with Crippen molar-refractivity contribution in [2.45, 2.75) is 0 Å². The Labute approximate surface area is 93.3 Å². The van der Waals surface area contributed by atoms with Crippen molar-refractivity contribution >= 4 is 17.4 Å². The molecule has 0 atom stereocenters. The number of aliphatic hydroxyl groups excluding tert-OH is 1. The summed E-state index contributed by atoms with van der Waals surface area (Å²) < 4.78 is 0. The molecule has 0 heterocycles. The molecular weight excluding hydrogens is 210 g/mol. The number of nitrogens with one attached hydrogen (secondary N) is 1. The third-order valence-corrected chi connectivity index (χ3v) is 2.14. The van der Waals surface area contributed by atoms with Crippen LogP contribution in [0.2, 0.25) is 0 Å². The Hall–Kier alpha value is -1.95. The van der Waals surface area contributed by atoms with Crippen LogP contribution in [-0.4, -0.2) is 36.4 Å². The monoisotopic (exact) mass is 225 g/mol. The van der Waals surface area contributed by atoms with Crippen LogP contribution in [0.4, 0.5) is 16.2 Å². The van der Waals surface area contributed by atoms with Gasteiger partial charge in [-0.15, -0.1) is 0 Å². The normalized spacial score (nSPS) is 9.88. The van der Waals surface area contributed by atoms with E-state index in [4.69, 9.17) is 10.8 Å². The largest absolute Gasteiger partial charge is 0.506 e. The molecule has 0 fully saturated rings. The lowest BCUT2D eigenvalue weighted by atomic mass is 10.2. The second kappa shape index (κ2) is 5.22. The summed E-state index contributed by atoms with van der Waals surface area (Å²) in [6.07, 6.45) is 0. The van der Waals surface area contributed by atoms with E-state index in [0.717, 1.165) is 10.6 Å². The molecule has 2 amide bonds. The third kappa shape index (κ3) is 2.54. The predicted molar refractivity (Wildman–Crippen MR) is 61.7 cm³/mol. The van der Waals surface area contributed by atoms with Gasteiger partial charge in [-0.25, -0.2) is 4.79 Å². The van der Waals surface area contributed by atoms with E-state index < -0.39 is 6.03 Å². The highest BCUT2D eigenvalue weighted by Crippen LogP contribution is 2.29. The summed E-state index contributed by atoms with van der Waals surface area (Å²) in [6.45, 7) is -0.183. The number of nitrogens with zero attached hydrogens (tertiary/aromatic N) is 1. The maximum absolute atomic E-state index is 11.1. The van der Waals surface area contributed by atoms with Gasteiger partial charge in [0.1, 0.15) is 5.75 Å². The zero-order valence-electron chi connectivity index (χ0n) is 8.97. The lowest BCUT2D eigenvalue weighted by Gasteiger charge is -2.20. The Morgan fingerprint density at radius 2 is 2.25 bits per heavy atom. The van der Waals surface area contributed by atoms with Gasteiger partial charge in [0.05, 0.1) is 18.8 Å². The van der Waals surface area contributed by atoms with Gasteiger partial charge in [-0.3, -0.25) is 4.90 Å². The number of rotatable bonds is 4. The first-order valence-corrected chi connectivity index (χ1v) is 4.78. The molecule has 0 aliphatic heterocycles. The first-order chi connectivity index (χ1) is 7.60. The van der Waals surface area contributed by atoms with Crippen LogP contribution in [0.15, 0.2) is 18.2 Å². The summed E-state index contributed by atoms with van der Waals surface area (Å²) in [4.78, 5) is 12.2. The molecule has 6 heteroatoms. The third-order valence-electron chi connectivity index (χ3n) is 2.14. The molecular formula is C10H15N3O3. The van der Waals surface area contributed by atoms with Gasteiger partial charge in [-0.2, -0.15) is 0 Å². The minimum Gasteiger partial charge on any atom is -0.506 e. The number of amides is 2. The molecule has 0 saturated heterocycles. The Kier molecular flexibility index (Phi) is 3.96. The fraction of sp³-hybridized carbons (Fsp3) is 0.300. The molecule has 88 valence electrons. The van der Waals surface area contributed by atoms with Gasteiger partial charge in [0.15, 0.2) is 0 Å². The molecule has 6 nitrogen and oxygen atoms in total. The zero-order chi connectivity index (χ0) is 12.1. The van der Waals surface area contributed by atoms with Crippen molar-refractivity contribution in [3.8, 4) is 5.75 Å². The van der Waals surface area contributed by atoms with Crippen LogP contribution in [0.25, 0.3) is 0 Å². The lowest BCUT2D eigenvalue weighted by molar-refractivity contribution is 0.249. The van der Waals surface area contributed by atoms with Crippen molar-refractivity contribution in [1.82, 2.24) is 0 Å². The van der Waals surface area contributed by atoms with Crippen LogP contribution in [0.3, 0.4) is 0 Å². The standard InChI is InChI=1S/C10H15N3O3/c1-12-7-2-3-8(9(15)6-7)13(4-5-14)10(11)16/h2-3,6,12,14-15H,4-5H2,1H3,(H2,11,16). The number of primary amides is 1. The average molecular weight is 225 g/mol. The van der Waals surface area contributed by atoms with E-state index in [1.54, 1.807) is 19.2 Å². The van der Waals surface area contributed by atoms with Crippen LogP contribution in [0, 0.1) is 0 Å². The number of aliphatic hydroxyl groups is 1. The first-order valence-electron chi connectivity index (χ1n) is 4.78. The van der Waals surface area contributed by atoms with Crippen molar-refractivity contribution < 1.29 is 15.0 Å². The molecule has 0 spiro atoms. The summed E-state index contributed by atoms with van der Waals surface area (Å²) in [5, 5.41) is 21.3. The second-order valence-electron chi connectivity index (χ2n) is 3.17. The van der Waals surface area contributed by atoms with Gasteiger partial charge in [0.2, 0.25) is 0 Å². The van der Waals surface area contributed by atoms with Crippen molar-refractivity contribution in [2.75, 3.05) is 30.4 Å². The molecule has 0 saturated carbocycles. The topological polar surface area (TPSA) is 98.8 Å². The molecule has 1 aromatic rings.